The lowest BCUT2D eigenvalue weighted by Crippen LogP contribution is -2.69. The van der Waals surface area contributed by atoms with Crippen LogP contribution < -0.4 is 20.7 Å². The molecule has 3 N–H and O–H groups in total. The van der Waals surface area contributed by atoms with Crippen molar-refractivity contribution < 1.29 is 83.9 Å². The first-order valence-electron chi connectivity index (χ1n) is 19.9. The number of nitrogens with one attached hydrogen (secondary N) is 3. The lowest BCUT2D eigenvalue weighted by atomic mass is 9.95. The van der Waals surface area contributed by atoms with Gasteiger partial charge in [-0.3, -0.25) is 19.7 Å². The van der Waals surface area contributed by atoms with Gasteiger partial charge in [0.1, 0.15) is 44.2 Å². The van der Waals surface area contributed by atoms with E-state index in [1.165, 1.54) is 0 Å². The third-order valence-corrected chi connectivity index (χ3v) is 10.3. The normalized spacial score (nSPS) is 19.3. The molecule has 1 aliphatic heterocycles. The molecule has 3 aromatic rings. The molecule has 1 aliphatic carbocycles. The van der Waals surface area contributed by atoms with Gasteiger partial charge in [0.15, 0.2) is 12.2 Å². The first kappa shape index (κ1) is 51.5. The fourth-order valence-electron chi connectivity index (χ4n) is 7.19. The zero-order chi connectivity index (χ0) is 48.5. The van der Waals surface area contributed by atoms with Gasteiger partial charge in [0.05, 0.1) is 0 Å². The third-order valence-electron chi connectivity index (χ3n) is 9.96. The van der Waals surface area contributed by atoms with E-state index in [2.05, 4.69) is 20.7 Å². The Kier molecular flexibility index (Phi) is 17.8. The number of carbonyl (C=O) groups excluding carboxylic acids is 6. The number of hydrogen-bond donors (Lipinski definition) is 3. The van der Waals surface area contributed by atoms with Crippen molar-refractivity contribution in [2.45, 2.75) is 86.4 Å². The highest BCUT2D eigenvalue weighted by Crippen LogP contribution is 2.44. The third kappa shape index (κ3) is 13.3. The van der Waals surface area contributed by atoms with Crippen molar-refractivity contribution in [3.05, 3.63) is 88.7 Å². The van der Waals surface area contributed by atoms with Crippen molar-refractivity contribution in [3.63, 3.8) is 0 Å². The Hall–Kier alpha value is -5.48. The number of amides is 2. The SMILES string of the molecule is CC(=O)OC[C@H]1O[C@@H](NCCCC[C@H](NC(=O)OCC2c3ccccc3-c3ccccc32)C(=O)Oc2c(F)c(F)c(F)c(F)c2F)[C@H](NC(=O)OCC(Cl)(Cl)Cl)[C@@H](OC(C)=O)[C@@H]1OC(C)=O. The van der Waals surface area contributed by atoms with Gasteiger partial charge in [-0.1, -0.05) is 83.3 Å². The first-order chi connectivity index (χ1) is 31.2. The molecule has 0 aromatic heterocycles. The van der Waals surface area contributed by atoms with E-state index in [9.17, 15) is 50.7 Å². The van der Waals surface area contributed by atoms with Crippen molar-refractivity contribution >= 4 is 70.9 Å². The summed E-state index contributed by atoms with van der Waals surface area (Å²) in [5.41, 5.74) is 3.51. The zero-order valence-electron chi connectivity index (χ0n) is 34.9. The Balaban J connectivity index is 1.33. The fourth-order valence-corrected chi connectivity index (χ4v) is 7.36. The number of ether oxygens (including phenoxy) is 7. The van der Waals surface area contributed by atoms with Crippen molar-refractivity contribution in [1.29, 1.82) is 0 Å². The Labute approximate surface area is 387 Å². The van der Waals surface area contributed by atoms with Crippen LogP contribution in [-0.4, -0.2) is 103 Å². The van der Waals surface area contributed by atoms with E-state index in [-0.39, 0.29) is 26.0 Å². The van der Waals surface area contributed by atoms with E-state index in [4.69, 9.17) is 63.2 Å². The number of halogens is 8. The molecule has 1 heterocycles. The second-order valence-corrected chi connectivity index (χ2v) is 17.2. The number of esters is 4. The number of unbranched alkanes of at least 4 members (excludes halogenated alkanes) is 1. The summed E-state index contributed by atoms with van der Waals surface area (Å²) >= 11 is 17.1. The summed E-state index contributed by atoms with van der Waals surface area (Å²) in [5.74, 6) is -18.6. The van der Waals surface area contributed by atoms with Crippen LogP contribution in [-0.2, 0) is 47.6 Å². The van der Waals surface area contributed by atoms with E-state index >= 15 is 0 Å². The molecule has 1 saturated heterocycles. The molecule has 16 nitrogen and oxygen atoms in total. The average Bonchev–Trinajstić information content (AvgIpc) is 3.58. The van der Waals surface area contributed by atoms with Crippen LogP contribution in [0.15, 0.2) is 48.5 Å². The highest BCUT2D eigenvalue weighted by Gasteiger charge is 2.51. The summed E-state index contributed by atoms with van der Waals surface area (Å²) in [4.78, 5) is 75.9. The Morgan fingerprint density at radius 3 is 1.82 bits per heavy atom. The molecule has 66 heavy (non-hydrogen) atoms. The summed E-state index contributed by atoms with van der Waals surface area (Å²) in [7, 11) is 0. The molecule has 358 valence electrons. The quantitative estimate of drug-likeness (QED) is 0.0192. The minimum absolute atomic E-state index is 0.0309. The fraction of sp³-hybridized carbons (Fsp3) is 0.429. The largest absolute Gasteiger partial charge is 0.463 e. The molecule has 2 amide bonds. The predicted octanol–water partition coefficient (Wildman–Crippen LogP) is 6.57. The molecular formula is C42H41Cl3F5N3O13. The standard InChI is InChI=1S/C42H41Cl3F5N3O13/c1-19(54)60-17-28-35(63-20(2)55)37(64-21(3)56)34(53-41(59)62-18-42(43,44)45)38(65-28)51-15-9-8-14-27(39(57)66-36-32(49)30(47)29(46)31(48)33(36)50)52-40(58)61-16-26-24-12-6-4-10-22(24)23-11-5-7-13-25(23)26/h4-7,10-13,26-28,34-35,37-38,51H,8-9,14-18H2,1-3H3,(H,52,58)(H,53,59)/t27-,28+,34+,35+,37+,38+/m0/s1. The van der Waals surface area contributed by atoms with Crippen molar-refractivity contribution in [2.75, 3.05) is 26.4 Å². The monoisotopic (exact) mass is 995 g/mol. The summed E-state index contributed by atoms with van der Waals surface area (Å²) in [6, 6.07) is 11.5. The average molecular weight is 997 g/mol. The van der Waals surface area contributed by atoms with E-state index < -0.39 is 137 Å². The van der Waals surface area contributed by atoms with Crippen LogP contribution >= 0.6 is 34.8 Å². The molecule has 0 radical (unpaired) electrons. The highest BCUT2D eigenvalue weighted by molar-refractivity contribution is 6.67. The number of fused-ring (bicyclic) bond motifs is 3. The van der Waals surface area contributed by atoms with Crippen LogP contribution in [0.25, 0.3) is 11.1 Å². The van der Waals surface area contributed by atoms with Crippen molar-refractivity contribution in [1.82, 2.24) is 16.0 Å². The van der Waals surface area contributed by atoms with Crippen LogP contribution in [0.4, 0.5) is 31.5 Å². The minimum Gasteiger partial charge on any atom is -0.463 e. The molecule has 3 aromatic carbocycles. The summed E-state index contributed by atoms with van der Waals surface area (Å²) in [6.45, 7) is 1.51. The summed E-state index contributed by atoms with van der Waals surface area (Å²) in [5, 5.41) is 7.59. The second-order valence-electron chi connectivity index (χ2n) is 14.7. The highest BCUT2D eigenvalue weighted by atomic mass is 35.6. The molecule has 0 saturated carbocycles. The number of alkyl carbamates (subject to hydrolysis) is 2. The lowest BCUT2D eigenvalue weighted by Gasteiger charge is -2.45. The van der Waals surface area contributed by atoms with Crippen LogP contribution in [0.2, 0.25) is 0 Å². The van der Waals surface area contributed by atoms with Gasteiger partial charge in [0.25, 0.3) is 0 Å². The topological polar surface area (TPSA) is 203 Å². The lowest BCUT2D eigenvalue weighted by molar-refractivity contribution is -0.227. The number of benzene rings is 3. The van der Waals surface area contributed by atoms with Gasteiger partial charge < -0.3 is 43.8 Å². The molecule has 0 bridgehead atoms. The molecule has 2 aliphatic rings. The van der Waals surface area contributed by atoms with E-state index in [1.807, 2.05) is 36.4 Å². The van der Waals surface area contributed by atoms with Gasteiger partial charge in [-0.25, -0.2) is 27.6 Å². The predicted molar refractivity (Wildman–Crippen MR) is 221 cm³/mol. The van der Waals surface area contributed by atoms with Gasteiger partial charge in [-0.05, 0) is 48.1 Å². The van der Waals surface area contributed by atoms with Crippen LogP contribution in [0, 0.1) is 29.1 Å². The Bertz CT molecular complexity index is 2230. The van der Waals surface area contributed by atoms with Gasteiger partial charge in [-0.15, -0.1) is 0 Å². The van der Waals surface area contributed by atoms with Crippen LogP contribution in [0.5, 0.6) is 5.75 Å². The number of rotatable bonds is 17. The maximum atomic E-state index is 14.6. The van der Waals surface area contributed by atoms with Gasteiger partial charge in [0, 0.05) is 26.7 Å². The Morgan fingerprint density at radius 2 is 1.26 bits per heavy atom. The first-order valence-corrected chi connectivity index (χ1v) is 21.0. The number of carbonyl (C=O) groups is 6. The van der Waals surface area contributed by atoms with E-state index in [1.54, 1.807) is 12.1 Å². The van der Waals surface area contributed by atoms with Crippen LogP contribution in [0.1, 0.15) is 57.1 Å². The van der Waals surface area contributed by atoms with Crippen LogP contribution in [0.3, 0.4) is 0 Å². The molecule has 5 rings (SSSR count). The van der Waals surface area contributed by atoms with Crippen molar-refractivity contribution in [2.24, 2.45) is 0 Å². The summed E-state index contributed by atoms with van der Waals surface area (Å²) < 4.78 is 106. The molecule has 0 spiro atoms. The Morgan fingerprint density at radius 1 is 0.697 bits per heavy atom. The van der Waals surface area contributed by atoms with E-state index in [0.29, 0.717) is 0 Å². The number of hydrogen-bond acceptors (Lipinski definition) is 14. The maximum Gasteiger partial charge on any atom is 0.407 e. The number of alkyl halides is 3. The summed E-state index contributed by atoms with van der Waals surface area (Å²) in [6.07, 6.45) is -8.57. The molecule has 24 heteroatoms. The minimum atomic E-state index is -2.50. The van der Waals surface area contributed by atoms with E-state index in [0.717, 1.165) is 43.0 Å². The molecule has 0 unspecified atom stereocenters. The zero-order valence-corrected chi connectivity index (χ0v) is 37.2. The molecule has 6 atom stereocenters. The smallest absolute Gasteiger partial charge is 0.407 e. The van der Waals surface area contributed by atoms with Crippen molar-refractivity contribution in [3.8, 4) is 16.9 Å². The maximum absolute atomic E-state index is 14.6. The van der Waals surface area contributed by atoms with Gasteiger partial charge >= 0.3 is 36.1 Å². The molecule has 1 fully saturated rings. The van der Waals surface area contributed by atoms with Gasteiger partial charge in [0.2, 0.25) is 38.6 Å². The molecular weight excluding hydrogens is 956 g/mol. The van der Waals surface area contributed by atoms with Gasteiger partial charge in [-0.2, -0.15) is 8.78 Å². The second kappa shape index (κ2) is 22.8.